The van der Waals surface area contributed by atoms with Gasteiger partial charge in [-0.15, -0.1) is 0 Å². The molecule has 0 aromatic heterocycles. The fraction of sp³-hybridized carbons (Fsp3) is 0.652. The van der Waals surface area contributed by atoms with Crippen LogP contribution in [-0.2, 0) is 6.42 Å². The summed E-state index contributed by atoms with van der Waals surface area (Å²) in [5.74, 6) is 3.42. The molecule has 0 saturated heterocycles. The van der Waals surface area contributed by atoms with Gasteiger partial charge in [-0.3, -0.25) is 0 Å². The zero-order chi connectivity index (χ0) is 18.1. The van der Waals surface area contributed by atoms with Gasteiger partial charge < -0.3 is 15.2 Å². The molecule has 142 valence electrons. The van der Waals surface area contributed by atoms with Crippen molar-refractivity contribution in [2.24, 2.45) is 17.3 Å². The minimum absolute atomic E-state index is 0.219. The first-order valence-electron chi connectivity index (χ1n) is 10.4. The molecular formula is C23H33NO2. The summed E-state index contributed by atoms with van der Waals surface area (Å²) < 4.78 is 5.44. The van der Waals surface area contributed by atoms with Gasteiger partial charge in [0.05, 0.1) is 13.7 Å². The molecular weight excluding hydrogens is 322 g/mol. The van der Waals surface area contributed by atoms with E-state index in [9.17, 15) is 0 Å². The summed E-state index contributed by atoms with van der Waals surface area (Å²) in [5.41, 5.74) is 5.20. The standard InChI is InChI=1S/C23H33NO2/c1-23-11-9-20-19-7-5-18(26-2)15-16(19)3-6-21(20)22(23)8-4-17(23)10-12-24-13-14-25/h5,7,10,15,20-22,24-25H,3-4,6,8-9,11-14H2,1-2H3/b17-10+. The number of allylic oxidation sites excluding steroid dienone is 1. The normalized spacial score (nSPS) is 34.3. The van der Waals surface area contributed by atoms with E-state index in [1.54, 1.807) is 18.2 Å². The molecule has 3 nitrogen and oxygen atoms in total. The van der Waals surface area contributed by atoms with Crippen molar-refractivity contribution in [1.29, 1.82) is 0 Å². The number of ether oxygens (including phenoxy) is 1. The zero-order valence-corrected chi connectivity index (χ0v) is 16.3. The first-order chi connectivity index (χ1) is 12.7. The Bertz CT molecular complexity index is 683. The number of rotatable bonds is 5. The molecule has 2 N–H and O–H groups in total. The number of aryl methyl sites for hydroxylation is 1. The van der Waals surface area contributed by atoms with Crippen LogP contribution in [0.2, 0.25) is 0 Å². The predicted molar refractivity (Wildman–Crippen MR) is 106 cm³/mol. The average Bonchev–Trinajstić information content (AvgIpc) is 3.01. The molecule has 0 heterocycles. The number of methoxy groups -OCH3 is 1. The molecule has 3 aliphatic carbocycles. The van der Waals surface area contributed by atoms with E-state index in [2.05, 4.69) is 36.5 Å². The first kappa shape index (κ1) is 18.1. The van der Waals surface area contributed by atoms with Crippen molar-refractivity contribution in [1.82, 2.24) is 5.32 Å². The minimum Gasteiger partial charge on any atom is -0.497 e. The Hall–Kier alpha value is -1.32. The highest BCUT2D eigenvalue weighted by Crippen LogP contribution is 2.62. The van der Waals surface area contributed by atoms with Crippen molar-refractivity contribution in [3.8, 4) is 5.75 Å². The van der Waals surface area contributed by atoms with Crippen LogP contribution in [0.15, 0.2) is 29.8 Å². The van der Waals surface area contributed by atoms with Gasteiger partial charge in [0.1, 0.15) is 5.75 Å². The Kier molecular flexibility index (Phi) is 5.11. The molecule has 0 amide bonds. The van der Waals surface area contributed by atoms with E-state index in [0.29, 0.717) is 12.0 Å². The topological polar surface area (TPSA) is 41.5 Å². The van der Waals surface area contributed by atoms with E-state index in [1.165, 1.54) is 44.1 Å². The van der Waals surface area contributed by atoms with Crippen LogP contribution in [0.5, 0.6) is 5.75 Å². The van der Waals surface area contributed by atoms with Crippen molar-refractivity contribution >= 4 is 0 Å². The number of benzene rings is 1. The van der Waals surface area contributed by atoms with Crippen molar-refractivity contribution in [3.05, 3.63) is 41.0 Å². The van der Waals surface area contributed by atoms with Crippen LogP contribution >= 0.6 is 0 Å². The van der Waals surface area contributed by atoms with Gasteiger partial charge in [0, 0.05) is 13.1 Å². The van der Waals surface area contributed by atoms with Crippen molar-refractivity contribution in [3.63, 3.8) is 0 Å². The SMILES string of the molecule is COc1ccc2c(c1)CCC1C2CCC2(C)/C(=C/CNCCO)CCC12. The molecule has 4 atom stereocenters. The van der Waals surface area contributed by atoms with Crippen molar-refractivity contribution in [2.75, 3.05) is 26.8 Å². The summed E-state index contributed by atoms with van der Waals surface area (Å²) >= 11 is 0. The van der Waals surface area contributed by atoms with Crippen LogP contribution in [0.3, 0.4) is 0 Å². The molecule has 1 aromatic carbocycles. The van der Waals surface area contributed by atoms with Gasteiger partial charge in [-0.05, 0) is 85.0 Å². The van der Waals surface area contributed by atoms with Crippen molar-refractivity contribution in [2.45, 2.75) is 51.4 Å². The monoisotopic (exact) mass is 355 g/mol. The lowest BCUT2D eigenvalue weighted by Crippen LogP contribution is -2.40. The van der Waals surface area contributed by atoms with Gasteiger partial charge in [-0.25, -0.2) is 0 Å². The van der Waals surface area contributed by atoms with Gasteiger partial charge in [-0.2, -0.15) is 0 Å². The molecule has 1 aromatic rings. The number of aliphatic hydroxyl groups is 1. The van der Waals surface area contributed by atoms with Crippen LogP contribution in [-0.4, -0.2) is 31.9 Å². The Balaban J connectivity index is 1.54. The third-order valence-corrected chi connectivity index (χ3v) is 7.56. The average molecular weight is 356 g/mol. The number of aliphatic hydroxyl groups excluding tert-OH is 1. The Morgan fingerprint density at radius 1 is 1.27 bits per heavy atom. The maximum absolute atomic E-state index is 8.95. The van der Waals surface area contributed by atoms with E-state index >= 15 is 0 Å². The molecule has 0 bridgehead atoms. The highest BCUT2D eigenvalue weighted by Gasteiger charge is 2.52. The third-order valence-electron chi connectivity index (χ3n) is 7.56. The number of hydrogen-bond acceptors (Lipinski definition) is 3. The zero-order valence-electron chi connectivity index (χ0n) is 16.3. The summed E-state index contributed by atoms with van der Waals surface area (Å²) in [4.78, 5) is 0. The summed E-state index contributed by atoms with van der Waals surface area (Å²) in [5, 5.41) is 12.3. The van der Waals surface area contributed by atoms with E-state index in [4.69, 9.17) is 9.84 Å². The fourth-order valence-corrected chi connectivity index (χ4v) is 6.25. The van der Waals surface area contributed by atoms with Gasteiger partial charge in [0.15, 0.2) is 0 Å². The summed E-state index contributed by atoms with van der Waals surface area (Å²) in [6.45, 7) is 4.34. The van der Waals surface area contributed by atoms with Crippen LogP contribution in [0.4, 0.5) is 0 Å². The lowest BCUT2D eigenvalue weighted by molar-refractivity contribution is 0.0812. The Morgan fingerprint density at radius 3 is 2.96 bits per heavy atom. The minimum atomic E-state index is 0.219. The maximum Gasteiger partial charge on any atom is 0.119 e. The van der Waals surface area contributed by atoms with E-state index in [1.807, 2.05) is 0 Å². The first-order valence-corrected chi connectivity index (χ1v) is 10.4. The van der Waals surface area contributed by atoms with Gasteiger partial charge >= 0.3 is 0 Å². The second-order valence-corrected chi connectivity index (χ2v) is 8.63. The molecule has 0 radical (unpaired) electrons. The second kappa shape index (κ2) is 7.36. The van der Waals surface area contributed by atoms with E-state index in [-0.39, 0.29) is 6.61 Å². The molecule has 3 heteroatoms. The smallest absolute Gasteiger partial charge is 0.119 e. The van der Waals surface area contributed by atoms with E-state index in [0.717, 1.165) is 30.0 Å². The van der Waals surface area contributed by atoms with Crippen LogP contribution in [0, 0.1) is 17.3 Å². The maximum atomic E-state index is 8.95. The van der Waals surface area contributed by atoms with Gasteiger partial charge in [0.25, 0.3) is 0 Å². The lowest BCUT2D eigenvalue weighted by atomic mass is 9.55. The Morgan fingerprint density at radius 2 is 2.15 bits per heavy atom. The molecule has 4 unspecified atom stereocenters. The molecule has 3 aliphatic rings. The molecule has 0 aliphatic heterocycles. The molecule has 0 spiro atoms. The van der Waals surface area contributed by atoms with Crippen LogP contribution in [0.25, 0.3) is 0 Å². The predicted octanol–water partition coefficient (Wildman–Crippen LogP) is 4.06. The highest BCUT2D eigenvalue weighted by molar-refractivity contribution is 5.41. The quantitative estimate of drug-likeness (QED) is 0.618. The molecule has 26 heavy (non-hydrogen) atoms. The lowest BCUT2D eigenvalue weighted by Gasteiger charge is -2.49. The second-order valence-electron chi connectivity index (χ2n) is 8.63. The van der Waals surface area contributed by atoms with Gasteiger partial charge in [-0.1, -0.05) is 24.6 Å². The summed E-state index contributed by atoms with van der Waals surface area (Å²) in [6, 6.07) is 6.77. The summed E-state index contributed by atoms with van der Waals surface area (Å²) in [6.07, 6.45) is 10.2. The number of fused-ring (bicyclic) bond motifs is 5. The van der Waals surface area contributed by atoms with E-state index < -0.39 is 0 Å². The van der Waals surface area contributed by atoms with Crippen molar-refractivity contribution < 1.29 is 9.84 Å². The van der Waals surface area contributed by atoms with Crippen LogP contribution in [0.1, 0.15) is 56.1 Å². The molecule has 2 fully saturated rings. The number of hydrogen-bond donors (Lipinski definition) is 2. The highest BCUT2D eigenvalue weighted by atomic mass is 16.5. The fourth-order valence-electron chi connectivity index (χ4n) is 6.25. The Labute approximate surface area is 157 Å². The molecule has 4 rings (SSSR count). The number of nitrogens with one attached hydrogen (secondary N) is 1. The van der Waals surface area contributed by atoms with Gasteiger partial charge in [0.2, 0.25) is 0 Å². The third kappa shape index (κ3) is 2.99. The summed E-state index contributed by atoms with van der Waals surface area (Å²) in [7, 11) is 1.77. The largest absolute Gasteiger partial charge is 0.497 e. The van der Waals surface area contributed by atoms with Crippen LogP contribution < -0.4 is 10.1 Å². The molecule has 2 saturated carbocycles.